The molecule has 162 valence electrons. The monoisotopic (exact) mass is 455 g/mol. The van der Waals surface area contributed by atoms with Crippen LogP contribution in [0.15, 0.2) is 66.0 Å². The number of hydrogen-bond acceptors (Lipinski definition) is 7. The Hall–Kier alpha value is -2.68. The van der Waals surface area contributed by atoms with Crippen molar-refractivity contribution in [2.45, 2.75) is 24.3 Å². The molecule has 2 atom stereocenters. The highest BCUT2D eigenvalue weighted by atomic mass is 32.2. The number of hydrogen-bond donors (Lipinski definition) is 2. The predicted octanol–water partition coefficient (Wildman–Crippen LogP) is 3.59. The molecule has 3 aromatic rings. The number of rotatable bonds is 10. The van der Waals surface area contributed by atoms with Crippen molar-refractivity contribution < 1.29 is 14.3 Å². The van der Waals surface area contributed by atoms with Gasteiger partial charge in [-0.05, 0) is 17.5 Å². The van der Waals surface area contributed by atoms with E-state index in [1.54, 1.807) is 17.1 Å². The van der Waals surface area contributed by atoms with Gasteiger partial charge in [-0.1, -0.05) is 60.7 Å². The number of amides is 1. The van der Waals surface area contributed by atoms with Crippen molar-refractivity contribution in [3.8, 4) is 0 Å². The number of thiazole rings is 1. The van der Waals surface area contributed by atoms with Crippen LogP contribution in [0.3, 0.4) is 0 Å². The molecule has 0 fully saturated rings. The molecule has 1 heterocycles. The average Bonchev–Trinajstić information content (AvgIpc) is 3.30. The third-order valence-electron chi connectivity index (χ3n) is 4.56. The lowest BCUT2D eigenvalue weighted by atomic mass is 10.1. The maximum Gasteiger partial charge on any atom is 0.329 e. The second-order valence-electron chi connectivity index (χ2n) is 6.92. The number of thioether (sulfide) groups is 1. The smallest absolute Gasteiger partial charge is 0.329 e. The molecule has 2 unspecified atom stereocenters. The zero-order chi connectivity index (χ0) is 22.1. The number of carbonyl (C=O) groups excluding carboxylic acids is 2. The Labute approximate surface area is 190 Å². The molecule has 3 rings (SSSR count). The summed E-state index contributed by atoms with van der Waals surface area (Å²) in [6, 6.07) is 18.8. The summed E-state index contributed by atoms with van der Waals surface area (Å²) in [6.07, 6.45) is 0.635. The molecule has 1 amide bonds. The van der Waals surface area contributed by atoms with Gasteiger partial charge in [-0.3, -0.25) is 4.79 Å². The summed E-state index contributed by atoms with van der Waals surface area (Å²) in [4.78, 5) is 29.2. The molecule has 0 bridgehead atoms. The molecular weight excluding hydrogens is 430 g/mol. The van der Waals surface area contributed by atoms with E-state index in [0.29, 0.717) is 17.2 Å². The standard InChI is InChI=1S/C23H25N3O3S2/c1-29-23(28)20(14-30-13-17-10-6-3-7-11-17)25-21(27)19-15-31-22(26-19)18(24)12-16-8-4-2-5-9-16/h2-11,15,18,20H,12-14,24H2,1H3,(H,25,27). The molecule has 0 aliphatic rings. The van der Waals surface area contributed by atoms with Crippen LogP contribution in [0.5, 0.6) is 0 Å². The first-order chi connectivity index (χ1) is 15.1. The molecule has 0 saturated heterocycles. The van der Waals surface area contributed by atoms with Crippen molar-refractivity contribution in [3.05, 3.63) is 87.9 Å². The lowest BCUT2D eigenvalue weighted by Gasteiger charge is -2.15. The van der Waals surface area contributed by atoms with Crippen molar-refractivity contribution in [3.63, 3.8) is 0 Å². The van der Waals surface area contributed by atoms with Crippen LogP contribution in [-0.2, 0) is 21.7 Å². The third-order valence-corrected chi connectivity index (χ3v) is 6.64. The van der Waals surface area contributed by atoms with E-state index in [1.807, 2.05) is 60.7 Å². The van der Waals surface area contributed by atoms with Gasteiger partial charge in [0, 0.05) is 16.9 Å². The van der Waals surface area contributed by atoms with Crippen LogP contribution in [0, 0.1) is 0 Å². The molecule has 0 aliphatic carbocycles. The van der Waals surface area contributed by atoms with Gasteiger partial charge in [-0.2, -0.15) is 11.8 Å². The third kappa shape index (κ3) is 6.92. The lowest BCUT2D eigenvalue weighted by molar-refractivity contribution is -0.142. The Balaban J connectivity index is 1.57. The Morgan fingerprint density at radius 2 is 1.74 bits per heavy atom. The minimum Gasteiger partial charge on any atom is -0.467 e. The minimum absolute atomic E-state index is 0.255. The molecule has 1 aromatic heterocycles. The fourth-order valence-electron chi connectivity index (χ4n) is 2.93. The summed E-state index contributed by atoms with van der Waals surface area (Å²) in [5, 5.41) is 5.09. The number of benzene rings is 2. The summed E-state index contributed by atoms with van der Waals surface area (Å²) in [7, 11) is 1.31. The van der Waals surface area contributed by atoms with E-state index < -0.39 is 17.9 Å². The number of nitrogens with one attached hydrogen (secondary N) is 1. The lowest BCUT2D eigenvalue weighted by Crippen LogP contribution is -2.43. The van der Waals surface area contributed by atoms with Gasteiger partial charge in [0.25, 0.3) is 5.91 Å². The number of ether oxygens (including phenoxy) is 1. The molecule has 2 aromatic carbocycles. The molecule has 0 saturated carbocycles. The summed E-state index contributed by atoms with van der Waals surface area (Å²) < 4.78 is 4.86. The summed E-state index contributed by atoms with van der Waals surface area (Å²) in [5.74, 6) is 0.243. The molecular formula is C23H25N3O3S2. The van der Waals surface area contributed by atoms with Gasteiger partial charge in [0.15, 0.2) is 0 Å². The molecule has 0 aliphatic heterocycles. The van der Waals surface area contributed by atoms with E-state index >= 15 is 0 Å². The highest BCUT2D eigenvalue weighted by Gasteiger charge is 2.24. The maximum absolute atomic E-state index is 12.7. The maximum atomic E-state index is 12.7. The first kappa shape index (κ1) is 23.0. The molecule has 6 nitrogen and oxygen atoms in total. The molecule has 31 heavy (non-hydrogen) atoms. The Kier molecular flexibility index (Phi) is 8.63. The minimum atomic E-state index is -0.755. The number of methoxy groups -OCH3 is 1. The van der Waals surface area contributed by atoms with E-state index in [1.165, 1.54) is 18.4 Å². The summed E-state index contributed by atoms with van der Waals surface area (Å²) in [5.41, 5.74) is 8.79. The van der Waals surface area contributed by atoms with Crippen LogP contribution in [0.25, 0.3) is 0 Å². The number of nitrogens with zero attached hydrogens (tertiary/aromatic N) is 1. The van der Waals surface area contributed by atoms with Crippen molar-refractivity contribution >= 4 is 35.0 Å². The van der Waals surface area contributed by atoms with E-state index in [2.05, 4.69) is 10.3 Å². The second-order valence-corrected chi connectivity index (χ2v) is 8.84. The van der Waals surface area contributed by atoms with E-state index in [0.717, 1.165) is 16.9 Å². The average molecular weight is 456 g/mol. The zero-order valence-corrected chi connectivity index (χ0v) is 18.8. The zero-order valence-electron chi connectivity index (χ0n) is 17.2. The number of nitrogens with two attached hydrogens (primary N) is 1. The predicted molar refractivity (Wildman–Crippen MR) is 125 cm³/mol. The molecule has 0 radical (unpaired) electrons. The normalized spacial score (nSPS) is 12.7. The van der Waals surface area contributed by atoms with Crippen molar-refractivity contribution in [2.24, 2.45) is 5.73 Å². The number of esters is 1. The Bertz CT molecular complexity index is 980. The number of carbonyl (C=O) groups is 2. The van der Waals surface area contributed by atoms with Gasteiger partial charge in [-0.25, -0.2) is 9.78 Å². The quantitative estimate of drug-likeness (QED) is 0.454. The summed E-state index contributed by atoms with van der Waals surface area (Å²) in [6.45, 7) is 0. The highest BCUT2D eigenvalue weighted by Crippen LogP contribution is 2.21. The van der Waals surface area contributed by atoms with Gasteiger partial charge in [-0.15, -0.1) is 11.3 Å². The van der Waals surface area contributed by atoms with Crippen LogP contribution in [0.1, 0.15) is 32.7 Å². The second kappa shape index (κ2) is 11.6. The van der Waals surface area contributed by atoms with Crippen LogP contribution in [0.2, 0.25) is 0 Å². The summed E-state index contributed by atoms with van der Waals surface area (Å²) >= 11 is 2.90. The fraction of sp³-hybridized carbons (Fsp3) is 0.261. The first-order valence-electron chi connectivity index (χ1n) is 9.82. The van der Waals surface area contributed by atoms with E-state index in [-0.39, 0.29) is 11.7 Å². The Morgan fingerprint density at radius 3 is 2.39 bits per heavy atom. The van der Waals surface area contributed by atoms with Gasteiger partial charge in [0.05, 0.1) is 13.2 Å². The molecule has 3 N–H and O–H groups in total. The molecule has 0 spiro atoms. The van der Waals surface area contributed by atoms with Crippen molar-refractivity contribution in [1.82, 2.24) is 10.3 Å². The van der Waals surface area contributed by atoms with Gasteiger partial charge in [0.1, 0.15) is 16.7 Å². The van der Waals surface area contributed by atoms with Crippen LogP contribution >= 0.6 is 23.1 Å². The fourth-order valence-corrected chi connectivity index (χ4v) is 4.73. The van der Waals surface area contributed by atoms with E-state index in [4.69, 9.17) is 10.5 Å². The molecule has 8 heteroatoms. The topological polar surface area (TPSA) is 94.3 Å². The van der Waals surface area contributed by atoms with E-state index in [9.17, 15) is 9.59 Å². The SMILES string of the molecule is COC(=O)C(CSCc1ccccc1)NC(=O)c1csc(C(N)Cc2ccccc2)n1. The van der Waals surface area contributed by atoms with Crippen LogP contribution in [-0.4, -0.2) is 35.8 Å². The van der Waals surface area contributed by atoms with Gasteiger partial charge < -0.3 is 15.8 Å². The van der Waals surface area contributed by atoms with Crippen LogP contribution < -0.4 is 11.1 Å². The first-order valence-corrected chi connectivity index (χ1v) is 11.9. The van der Waals surface area contributed by atoms with Crippen LogP contribution in [0.4, 0.5) is 0 Å². The largest absolute Gasteiger partial charge is 0.467 e. The van der Waals surface area contributed by atoms with Gasteiger partial charge >= 0.3 is 5.97 Å². The highest BCUT2D eigenvalue weighted by molar-refractivity contribution is 7.98. The Morgan fingerprint density at radius 1 is 1.10 bits per heavy atom. The van der Waals surface area contributed by atoms with Gasteiger partial charge in [0.2, 0.25) is 0 Å². The van der Waals surface area contributed by atoms with Crippen molar-refractivity contribution in [2.75, 3.05) is 12.9 Å². The number of aromatic nitrogens is 1. The van der Waals surface area contributed by atoms with Crippen molar-refractivity contribution in [1.29, 1.82) is 0 Å².